The summed E-state index contributed by atoms with van der Waals surface area (Å²) in [6, 6.07) is 0. The van der Waals surface area contributed by atoms with E-state index in [0.29, 0.717) is 13.2 Å². The van der Waals surface area contributed by atoms with E-state index in [-0.39, 0.29) is 17.6 Å². The monoisotopic (exact) mass is 202 g/mol. The van der Waals surface area contributed by atoms with Crippen molar-refractivity contribution in [2.75, 3.05) is 27.4 Å². The van der Waals surface area contributed by atoms with Crippen LogP contribution in [-0.2, 0) is 19.0 Å². The van der Waals surface area contributed by atoms with Gasteiger partial charge in [-0.2, -0.15) is 0 Å². The quantitative estimate of drug-likeness (QED) is 0.620. The lowest BCUT2D eigenvalue weighted by Gasteiger charge is -2.21. The van der Waals surface area contributed by atoms with Crippen LogP contribution in [0.15, 0.2) is 0 Å². The van der Waals surface area contributed by atoms with Crippen molar-refractivity contribution in [2.45, 2.75) is 19.6 Å². The molecule has 0 saturated carbocycles. The van der Waals surface area contributed by atoms with Gasteiger partial charge in [0.05, 0.1) is 12.5 Å². The second kappa shape index (κ2) is 5.44. The lowest BCUT2D eigenvalue weighted by molar-refractivity contribution is -0.156. The van der Waals surface area contributed by atoms with E-state index >= 15 is 0 Å². The Labute approximate surface area is 84.5 Å². The van der Waals surface area contributed by atoms with Crippen LogP contribution < -0.4 is 0 Å². The predicted octanol–water partition coefficient (Wildman–Crippen LogP) is 0.847. The average molecular weight is 202 g/mol. The van der Waals surface area contributed by atoms with Gasteiger partial charge < -0.3 is 14.2 Å². The van der Waals surface area contributed by atoms with Gasteiger partial charge in [0.1, 0.15) is 5.78 Å². The molecule has 4 heteroatoms. The number of rotatable bonds is 5. The summed E-state index contributed by atoms with van der Waals surface area (Å²) in [5, 5.41) is 0. The Hall–Kier alpha value is -0.450. The van der Waals surface area contributed by atoms with Crippen LogP contribution in [0.5, 0.6) is 0 Å². The first kappa shape index (κ1) is 11.6. The van der Waals surface area contributed by atoms with E-state index in [1.165, 1.54) is 0 Å². The van der Waals surface area contributed by atoms with Crippen LogP contribution in [0, 0.1) is 11.8 Å². The Balaban J connectivity index is 2.49. The second-order valence-corrected chi connectivity index (χ2v) is 3.59. The topological polar surface area (TPSA) is 44.8 Å². The van der Waals surface area contributed by atoms with Crippen LogP contribution in [0.4, 0.5) is 0 Å². The van der Waals surface area contributed by atoms with Crippen molar-refractivity contribution in [3.8, 4) is 0 Å². The van der Waals surface area contributed by atoms with Crippen LogP contribution >= 0.6 is 0 Å². The molecule has 1 saturated heterocycles. The highest BCUT2D eigenvalue weighted by molar-refractivity contribution is 5.83. The number of hydrogen-bond acceptors (Lipinski definition) is 4. The molecule has 1 aliphatic rings. The van der Waals surface area contributed by atoms with Gasteiger partial charge in [-0.3, -0.25) is 4.79 Å². The van der Waals surface area contributed by atoms with Crippen molar-refractivity contribution >= 4 is 5.78 Å². The Bertz CT molecular complexity index is 183. The van der Waals surface area contributed by atoms with E-state index in [4.69, 9.17) is 14.2 Å². The summed E-state index contributed by atoms with van der Waals surface area (Å²) in [6.45, 7) is 3.06. The average Bonchev–Trinajstić information content (AvgIpc) is 2.71. The molecule has 0 aromatic heterocycles. The Morgan fingerprint density at radius 3 is 2.50 bits per heavy atom. The minimum Gasteiger partial charge on any atom is -0.381 e. The summed E-state index contributed by atoms with van der Waals surface area (Å²) in [6.07, 6.45) is 0.381. The van der Waals surface area contributed by atoms with E-state index in [1.807, 2.05) is 6.92 Å². The first-order valence-electron chi connectivity index (χ1n) is 4.87. The van der Waals surface area contributed by atoms with Gasteiger partial charge in [-0.25, -0.2) is 0 Å². The van der Waals surface area contributed by atoms with Gasteiger partial charge in [-0.05, 0) is 6.42 Å². The van der Waals surface area contributed by atoms with Crippen molar-refractivity contribution < 1.29 is 19.0 Å². The van der Waals surface area contributed by atoms with E-state index in [1.54, 1.807) is 14.2 Å². The highest BCUT2D eigenvalue weighted by Gasteiger charge is 2.32. The summed E-state index contributed by atoms with van der Waals surface area (Å²) in [5.41, 5.74) is 0. The fraction of sp³-hybridized carbons (Fsp3) is 0.900. The van der Waals surface area contributed by atoms with Crippen molar-refractivity contribution in [3.05, 3.63) is 0 Å². The molecule has 1 aliphatic heterocycles. The summed E-state index contributed by atoms with van der Waals surface area (Å²) in [4.78, 5) is 11.9. The van der Waals surface area contributed by atoms with Crippen molar-refractivity contribution in [1.82, 2.24) is 0 Å². The fourth-order valence-electron chi connectivity index (χ4n) is 1.77. The minimum atomic E-state index is -0.442. The van der Waals surface area contributed by atoms with Gasteiger partial charge in [-0.1, -0.05) is 6.92 Å². The van der Waals surface area contributed by atoms with Crippen LogP contribution in [0.25, 0.3) is 0 Å². The number of carbonyl (C=O) groups is 1. The third kappa shape index (κ3) is 2.53. The van der Waals surface area contributed by atoms with E-state index in [9.17, 15) is 4.79 Å². The summed E-state index contributed by atoms with van der Waals surface area (Å²) in [7, 11) is 3.09. The highest BCUT2D eigenvalue weighted by Crippen LogP contribution is 2.20. The minimum absolute atomic E-state index is 0.0257. The van der Waals surface area contributed by atoms with Crippen molar-refractivity contribution in [3.63, 3.8) is 0 Å². The molecule has 0 bridgehead atoms. The lowest BCUT2D eigenvalue weighted by Crippen LogP contribution is -2.33. The Kier molecular flexibility index (Phi) is 4.51. The zero-order valence-corrected chi connectivity index (χ0v) is 8.99. The number of methoxy groups -OCH3 is 2. The Morgan fingerprint density at radius 2 is 2.07 bits per heavy atom. The fourth-order valence-corrected chi connectivity index (χ4v) is 1.77. The summed E-state index contributed by atoms with van der Waals surface area (Å²) >= 11 is 0. The van der Waals surface area contributed by atoms with E-state index < -0.39 is 6.29 Å². The number of Topliss-reactive ketones (excluding diaryl/α,β-unsaturated/α-hetero) is 1. The molecule has 0 amide bonds. The van der Waals surface area contributed by atoms with E-state index in [0.717, 1.165) is 6.42 Å². The molecule has 2 atom stereocenters. The van der Waals surface area contributed by atoms with Gasteiger partial charge >= 0.3 is 0 Å². The maximum absolute atomic E-state index is 11.9. The molecule has 0 radical (unpaired) electrons. The molecule has 1 heterocycles. The third-order valence-electron chi connectivity index (χ3n) is 2.65. The molecule has 4 nitrogen and oxygen atoms in total. The van der Waals surface area contributed by atoms with Crippen molar-refractivity contribution in [2.24, 2.45) is 11.8 Å². The maximum atomic E-state index is 11.9. The zero-order chi connectivity index (χ0) is 10.6. The molecule has 82 valence electrons. The smallest absolute Gasteiger partial charge is 0.166 e. The molecule has 1 rings (SSSR count). The molecule has 14 heavy (non-hydrogen) atoms. The molecular formula is C10H18O4. The molecule has 0 aromatic rings. The first-order chi connectivity index (χ1) is 6.70. The second-order valence-electron chi connectivity index (χ2n) is 3.59. The van der Waals surface area contributed by atoms with Gasteiger partial charge in [0.2, 0.25) is 0 Å². The SMILES string of the molecule is COC(OC)C(C)C(=O)C1CCOC1. The normalized spacial score (nSPS) is 24.1. The Morgan fingerprint density at radius 1 is 1.43 bits per heavy atom. The largest absolute Gasteiger partial charge is 0.381 e. The summed E-state index contributed by atoms with van der Waals surface area (Å²) in [5.74, 6) is -0.0225. The van der Waals surface area contributed by atoms with Crippen LogP contribution in [0.1, 0.15) is 13.3 Å². The van der Waals surface area contributed by atoms with Gasteiger partial charge in [0.15, 0.2) is 6.29 Å². The number of carbonyl (C=O) groups excluding carboxylic acids is 1. The number of hydrogen-bond donors (Lipinski definition) is 0. The molecule has 1 fully saturated rings. The molecule has 0 N–H and O–H groups in total. The maximum Gasteiger partial charge on any atom is 0.166 e. The standard InChI is InChI=1S/C10H18O4/c1-7(10(12-2)13-3)9(11)8-4-5-14-6-8/h7-8,10H,4-6H2,1-3H3. The molecular weight excluding hydrogens is 184 g/mol. The van der Waals surface area contributed by atoms with Crippen molar-refractivity contribution in [1.29, 1.82) is 0 Å². The van der Waals surface area contributed by atoms with Gasteiger partial charge in [-0.15, -0.1) is 0 Å². The van der Waals surface area contributed by atoms with Gasteiger partial charge in [0, 0.05) is 26.7 Å². The first-order valence-corrected chi connectivity index (χ1v) is 4.87. The van der Waals surface area contributed by atoms with Crippen LogP contribution in [0.2, 0.25) is 0 Å². The summed E-state index contributed by atoms with van der Waals surface area (Å²) < 4.78 is 15.3. The third-order valence-corrected chi connectivity index (χ3v) is 2.65. The molecule has 0 aliphatic carbocycles. The predicted molar refractivity (Wildman–Crippen MR) is 50.9 cm³/mol. The van der Waals surface area contributed by atoms with Gasteiger partial charge in [0.25, 0.3) is 0 Å². The zero-order valence-electron chi connectivity index (χ0n) is 8.99. The van der Waals surface area contributed by atoms with Crippen LogP contribution in [-0.4, -0.2) is 39.5 Å². The highest BCUT2D eigenvalue weighted by atomic mass is 16.7. The molecule has 2 unspecified atom stereocenters. The number of ether oxygens (including phenoxy) is 3. The molecule has 0 aromatic carbocycles. The lowest BCUT2D eigenvalue weighted by atomic mass is 9.93. The van der Waals surface area contributed by atoms with E-state index in [2.05, 4.69) is 0 Å². The number of ketones is 1. The molecule has 0 spiro atoms. The van der Waals surface area contributed by atoms with Crippen LogP contribution in [0.3, 0.4) is 0 Å².